The molecule has 0 fully saturated rings. The van der Waals surface area contributed by atoms with Crippen molar-refractivity contribution in [1.82, 2.24) is 5.32 Å². The number of carbonyl (C=O) groups is 2. The van der Waals surface area contributed by atoms with E-state index < -0.39 is 0 Å². The highest BCUT2D eigenvalue weighted by Crippen LogP contribution is 2.22. The molecule has 2 aromatic rings. The predicted octanol–water partition coefficient (Wildman–Crippen LogP) is 2.37. The van der Waals surface area contributed by atoms with Crippen molar-refractivity contribution < 1.29 is 14.5 Å². The minimum absolute atomic E-state index is 0.0418. The molecule has 1 aromatic heterocycles. The van der Waals surface area contributed by atoms with Crippen molar-refractivity contribution in [1.29, 1.82) is 0 Å². The molecule has 1 aromatic carbocycles. The number of nitrogens with one attached hydrogen (secondary N) is 2. The molecule has 0 aliphatic heterocycles. The Labute approximate surface area is 151 Å². The maximum atomic E-state index is 12.0. The second-order valence-electron chi connectivity index (χ2n) is 5.87. The fourth-order valence-corrected chi connectivity index (χ4v) is 3.47. The van der Waals surface area contributed by atoms with Crippen LogP contribution in [0.25, 0.3) is 0 Å². The molecule has 0 unspecified atom stereocenters. The number of thiophene rings is 1. The summed E-state index contributed by atoms with van der Waals surface area (Å²) in [7, 11) is 4.13. The van der Waals surface area contributed by atoms with Gasteiger partial charge in [0.15, 0.2) is 5.78 Å². The van der Waals surface area contributed by atoms with E-state index in [0.29, 0.717) is 15.8 Å². The molecule has 4 nitrogen and oxygen atoms in total. The van der Waals surface area contributed by atoms with Crippen LogP contribution in [0.1, 0.15) is 34.1 Å². The number of Topliss-reactive ketones (excluding diaryl/α,β-unsaturated/α-hetero) is 1. The molecule has 0 saturated heterocycles. The number of carbonyl (C=O) groups excluding carboxylic acids is 2. The van der Waals surface area contributed by atoms with Crippen LogP contribution in [-0.4, -0.2) is 32.3 Å². The molecule has 128 valence electrons. The highest BCUT2D eigenvalue weighted by molar-refractivity contribution is 7.18. The van der Waals surface area contributed by atoms with E-state index in [1.165, 1.54) is 21.8 Å². The number of quaternary nitrogens is 1. The predicted molar refractivity (Wildman–Crippen MR) is 97.9 cm³/mol. The third-order valence-corrected chi connectivity index (χ3v) is 5.10. The van der Waals surface area contributed by atoms with Gasteiger partial charge in [-0.05, 0) is 12.1 Å². The number of likely N-dealkylation sites (N-methyl/N-ethyl adjacent to an activating group) is 1. The number of benzene rings is 1. The third-order valence-electron chi connectivity index (χ3n) is 3.83. The van der Waals surface area contributed by atoms with Crippen LogP contribution in [0.4, 0.5) is 0 Å². The minimum atomic E-state index is -0.104. The lowest BCUT2D eigenvalue weighted by molar-refractivity contribution is -0.890. The summed E-state index contributed by atoms with van der Waals surface area (Å²) in [5.74, 6) is -0.145. The number of hydrogen-bond acceptors (Lipinski definition) is 3. The average Bonchev–Trinajstić information content (AvgIpc) is 3.00. The van der Waals surface area contributed by atoms with E-state index in [4.69, 9.17) is 11.6 Å². The lowest BCUT2D eigenvalue weighted by Gasteiger charge is -2.22. The quantitative estimate of drug-likeness (QED) is 0.705. The van der Waals surface area contributed by atoms with Crippen LogP contribution in [0.15, 0.2) is 42.5 Å². The molecule has 1 amide bonds. The Bertz CT molecular complexity index is 685. The van der Waals surface area contributed by atoms with E-state index in [0.717, 1.165) is 0 Å². The molecule has 0 aliphatic rings. The van der Waals surface area contributed by atoms with Crippen LogP contribution in [0, 0.1) is 0 Å². The molecule has 1 atom stereocenters. The Kier molecular flexibility index (Phi) is 6.97. The van der Waals surface area contributed by atoms with E-state index in [-0.39, 0.29) is 30.6 Å². The van der Waals surface area contributed by atoms with Gasteiger partial charge in [0.25, 0.3) is 0 Å². The summed E-state index contributed by atoms with van der Waals surface area (Å²) in [5.41, 5.74) is 1.18. The van der Waals surface area contributed by atoms with Crippen LogP contribution >= 0.6 is 22.9 Å². The van der Waals surface area contributed by atoms with Gasteiger partial charge in [0.1, 0.15) is 6.04 Å². The van der Waals surface area contributed by atoms with Gasteiger partial charge < -0.3 is 10.2 Å². The van der Waals surface area contributed by atoms with Crippen molar-refractivity contribution >= 4 is 34.6 Å². The summed E-state index contributed by atoms with van der Waals surface area (Å²) in [4.78, 5) is 25.9. The van der Waals surface area contributed by atoms with Gasteiger partial charge in [-0.25, -0.2) is 0 Å². The van der Waals surface area contributed by atoms with Crippen molar-refractivity contribution in [2.24, 2.45) is 0 Å². The molecule has 0 aliphatic carbocycles. The van der Waals surface area contributed by atoms with E-state index in [9.17, 15) is 9.59 Å². The van der Waals surface area contributed by atoms with Crippen molar-refractivity contribution in [2.45, 2.75) is 18.9 Å². The summed E-state index contributed by atoms with van der Waals surface area (Å²) < 4.78 is 0.586. The van der Waals surface area contributed by atoms with Crippen LogP contribution in [0.3, 0.4) is 0 Å². The SMILES string of the molecule is C[NH+](C)[C@@H](CNC(=O)CCC(=O)c1ccc(Cl)s1)c1ccccc1. The standard InChI is InChI=1S/C18H21ClN2O2S/c1-21(2)14(13-6-4-3-5-7-13)12-20-18(23)11-8-15(22)16-9-10-17(19)24-16/h3-7,9-10,14H,8,11-12H2,1-2H3,(H,20,23)/p+1/t14-/m0/s1. The molecule has 0 bridgehead atoms. The molecule has 2 rings (SSSR count). The van der Waals surface area contributed by atoms with E-state index >= 15 is 0 Å². The van der Waals surface area contributed by atoms with Crippen molar-refractivity contribution in [3.63, 3.8) is 0 Å². The average molecular weight is 366 g/mol. The number of halogens is 1. The first-order valence-corrected chi connectivity index (χ1v) is 9.07. The highest BCUT2D eigenvalue weighted by atomic mass is 35.5. The van der Waals surface area contributed by atoms with Gasteiger partial charge in [-0.15, -0.1) is 11.3 Å². The van der Waals surface area contributed by atoms with Crippen molar-refractivity contribution in [3.05, 3.63) is 57.2 Å². The highest BCUT2D eigenvalue weighted by Gasteiger charge is 2.19. The summed E-state index contributed by atoms with van der Waals surface area (Å²) in [6.07, 6.45) is 0.395. The van der Waals surface area contributed by atoms with Gasteiger partial charge in [-0.3, -0.25) is 9.59 Å². The van der Waals surface area contributed by atoms with E-state index in [1.807, 2.05) is 18.2 Å². The zero-order valence-electron chi connectivity index (χ0n) is 13.8. The monoisotopic (exact) mass is 365 g/mol. The first kappa shape index (κ1) is 18.6. The molecule has 6 heteroatoms. The van der Waals surface area contributed by atoms with Gasteiger partial charge >= 0.3 is 0 Å². The molecular formula is C18H22ClN2O2S+. The zero-order chi connectivity index (χ0) is 17.5. The summed E-state index contributed by atoms with van der Waals surface area (Å²) in [5, 5.41) is 2.94. The Balaban J connectivity index is 1.82. The van der Waals surface area contributed by atoms with Crippen molar-refractivity contribution in [3.8, 4) is 0 Å². The fourth-order valence-electron chi connectivity index (χ4n) is 2.46. The van der Waals surface area contributed by atoms with E-state index in [1.54, 1.807) is 12.1 Å². The third kappa shape index (κ3) is 5.44. The number of hydrogen-bond donors (Lipinski definition) is 2. The minimum Gasteiger partial charge on any atom is -0.350 e. The summed E-state index contributed by atoms with van der Waals surface area (Å²) >= 11 is 7.07. The maximum absolute atomic E-state index is 12.0. The summed E-state index contributed by atoms with van der Waals surface area (Å²) in [6.45, 7) is 0.546. The maximum Gasteiger partial charge on any atom is 0.220 e. The second kappa shape index (κ2) is 8.97. The Morgan fingerprint density at radius 1 is 1.12 bits per heavy atom. The van der Waals surface area contributed by atoms with Crippen LogP contribution in [0.2, 0.25) is 4.34 Å². The first-order chi connectivity index (χ1) is 11.5. The zero-order valence-corrected chi connectivity index (χ0v) is 15.4. The number of amides is 1. The van der Waals surface area contributed by atoms with Gasteiger partial charge in [-0.1, -0.05) is 41.9 Å². The van der Waals surface area contributed by atoms with E-state index in [2.05, 4.69) is 31.5 Å². The smallest absolute Gasteiger partial charge is 0.220 e. The van der Waals surface area contributed by atoms with Gasteiger partial charge in [0.05, 0.1) is 29.9 Å². The molecule has 2 N–H and O–H groups in total. The lowest BCUT2D eigenvalue weighted by atomic mass is 10.1. The number of rotatable bonds is 8. The Morgan fingerprint density at radius 3 is 2.42 bits per heavy atom. The molecule has 0 radical (unpaired) electrons. The normalized spacial score (nSPS) is 12.2. The fraction of sp³-hybridized carbons (Fsp3) is 0.333. The van der Waals surface area contributed by atoms with Crippen LogP contribution in [0.5, 0.6) is 0 Å². The van der Waals surface area contributed by atoms with Crippen LogP contribution in [-0.2, 0) is 4.79 Å². The summed E-state index contributed by atoms with van der Waals surface area (Å²) in [6, 6.07) is 13.7. The number of ketones is 1. The van der Waals surface area contributed by atoms with Gasteiger partial charge in [0, 0.05) is 18.4 Å². The molecule has 1 heterocycles. The second-order valence-corrected chi connectivity index (χ2v) is 7.59. The molecule has 24 heavy (non-hydrogen) atoms. The van der Waals surface area contributed by atoms with Gasteiger partial charge in [-0.2, -0.15) is 0 Å². The Morgan fingerprint density at radius 2 is 1.83 bits per heavy atom. The topological polar surface area (TPSA) is 50.6 Å². The molecular weight excluding hydrogens is 344 g/mol. The molecule has 0 spiro atoms. The van der Waals surface area contributed by atoms with Crippen molar-refractivity contribution in [2.75, 3.05) is 20.6 Å². The first-order valence-electron chi connectivity index (χ1n) is 7.87. The lowest BCUT2D eigenvalue weighted by Crippen LogP contribution is -3.07. The van der Waals surface area contributed by atoms with Crippen LogP contribution < -0.4 is 10.2 Å². The Hall–Kier alpha value is -1.69. The largest absolute Gasteiger partial charge is 0.350 e. The van der Waals surface area contributed by atoms with Gasteiger partial charge in [0.2, 0.25) is 5.91 Å². The molecule has 0 saturated carbocycles.